The molecule has 1 amide bonds. The number of fused-ring (bicyclic) bond motifs is 1. The number of hydrogen-bond donors (Lipinski definition) is 3. The van der Waals surface area contributed by atoms with Gasteiger partial charge in [-0.25, -0.2) is 9.99 Å². The number of benzene rings is 2. The highest BCUT2D eigenvalue weighted by Crippen LogP contribution is 2.25. The first-order valence-electron chi connectivity index (χ1n) is 7.83. The zero-order chi connectivity index (χ0) is 17.6. The van der Waals surface area contributed by atoms with Gasteiger partial charge in [0.05, 0.1) is 6.21 Å². The van der Waals surface area contributed by atoms with Crippen LogP contribution in [0.1, 0.15) is 15.9 Å². The van der Waals surface area contributed by atoms with Gasteiger partial charge in [0.1, 0.15) is 17.9 Å². The molecule has 3 rings (SSSR count). The molecule has 0 atom stereocenters. The van der Waals surface area contributed by atoms with E-state index in [0.717, 1.165) is 10.8 Å². The highest BCUT2D eigenvalue weighted by Gasteiger charge is 2.10. The number of hydrogen-bond acceptors (Lipinski definition) is 4. The molecule has 0 bridgehead atoms. The van der Waals surface area contributed by atoms with Crippen molar-refractivity contribution >= 4 is 22.9 Å². The fourth-order valence-electron chi connectivity index (χ4n) is 2.55. The van der Waals surface area contributed by atoms with Gasteiger partial charge in [-0.3, -0.25) is 4.79 Å². The van der Waals surface area contributed by atoms with Crippen LogP contribution in [0.3, 0.4) is 0 Å². The number of nitrogens with one attached hydrogen (secondary N) is 1. The van der Waals surface area contributed by atoms with E-state index in [9.17, 15) is 9.90 Å². The van der Waals surface area contributed by atoms with Gasteiger partial charge in [0.15, 0.2) is 18.9 Å². The molecular weight excluding hydrogens is 318 g/mol. The number of rotatable bonds is 5. The normalized spacial score (nSPS) is 11.1. The van der Waals surface area contributed by atoms with Gasteiger partial charge in [-0.1, -0.05) is 30.3 Å². The van der Waals surface area contributed by atoms with Gasteiger partial charge in [0.25, 0.3) is 5.91 Å². The lowest BCUT2D eigenvalue weighted by atomic mass is 10.0. The van der Waals surface area contributed by atoms with E-state index in [2.05, 4.69) is 10.5 Å². The number of aromatic nitrogens is 1. The number of carbonyl (C=O) groups is 1. The number of hydrazone groups is 1. The van der Waals surface area contributed by atoms with Gasteiger partial charge in [0, 0.05) is 11.6 Å². The lowest BCUT2D eigenvalue weighted by Gasteiger charge is -2.04. The standard InChI is InChI=1S/C19H17N3O3/c23-11-10-22-9-3-5-15(13-22)19(25)21-20-12-17-16-6-2-1-4-14(16)7-8-18(17)24/h1-9,12-13,23H,10-11H2,(H-,20,21,24,25)/p+1. The molecule has 6 nitrogen and oxygen atoms in total. The largest absolute Gasteiger partial charge is 0.507 e. The van der Waals surface area contributed by atoms with Crippen molar-refractivity contribution in [2.45, 2.75) is 6.54 Å². The Labute approximate surface area is 144 Å². The summed E-state index contributed by atoms with van der Waals surface area (Å²) < 4.78 is 1.72. The molecule has 1 aromatic heterocycles. The Balaban J connectivity index is 1.78. The highest BCUT2D eigenvalue weighted by atomic mass is 16.3. The summed E-state index contributed by atoms with van der Waals surface area (Å²) in [5.74, 6) is -0.277. The Bertz CT molecular complexity index is 938. The first kappa shape index (κ1) is 16.6. The van der Waals surface area contributed by atoms with Crippen LogP contribution >= 0.6 is 0 Å². The lowest BCUT2D eigenvalue weighted by Crippen LogP contribution is -2.36. The topological polar surface area (TPSA) is 85.8 Å². The Morgan fingerprint density at radius 3 is 2.84 bits per heavy atom. The molecule has 0 radical (unpaired) electrons. The smallest absolute Gasteiger partial charge is 0.277 e. The zero-order valence-electron chi connectivity index (χ0n) is 13.5. The second-order valence-electron chi connectivity index (χ2n) is 5.47. The SMILES string of the molecule is O=C(NN=Cc1c(O)ccc2ccccc12)c1ccc[n+](CCO)c1. The summed E-state index contributed by atoms with van der Waals surface area (Å²) in [6, 6.07) is 14.4. The first-order chi connectivity index (χ1) is 12.2. The molecule has 3 N–H and O–H groups in total. The Kier molecular flexibility index (Phi) is 5.01. The fraction of sp³-hybridized carbons (Fsp3) is 0.105. The molecule has 0 spiro atoms. The summed E-state index contributed by atoms with van der Waals surface area (Å²) in [6.07, 6.45) is 4.83. The van der Waals surface area contributed by atoms with Gasteiger partial charge in [-0.15, -0.1) is 0 Å². The third-order valence-electron chi connectivity index (χ3n) is 3.79. The maximum absolute atomic E-state index is 12.2. The van der Waals surface area contributed by atoms with E-state index in [1.54, 1.807) is 35.2 Å². The lowest BCUT2D eigenvalue weighted by molar-refractivity contribution is -0.698. The molecule has 3 aromatic rings. The van der Waals surface area contributed by atoms with Crippen LogP contribution in [-0.4, -0.2) is 28.9 Å². The van der Waals surface area contributed by atoms with Crippen LogP contribution in [0.5, 0.6) is 5.75 Å². The van der Waals surface area contributed by atoms with Crippen molar-refractivity contribution in [3.05, 3.63) is 72.1 Å². The minimum absolute atomic E-state index is 0.00570. The summed E-state index contributed by atoms with van der Waals surface area (Å²) in [7, 11) is 0. The molecule has 25 heavy (non-hydrogen) atoms. The molecule has 0 aliphatic carbocycles. The maximum Gasteiger partial charge on any atom is 0.277 e. The minimum atomic E-state index is -0.372. The van der Waals surface area contributed by atoms with Crippen molar-refractivity contribution in [3.8, 4) is 5.75 Å². The van der Waals surface area contributed by atoms with Gasteiger partial charge < -0.3 is 10.2 Å². The summed E-state index contributed by atoms with van der Waals surface area (Å²) >= 11 is 0. The third-order valence-corrected chi connectivity index (χ3v) is 3.79. The van der Waals surface area contributed by atoms with Gasteiger partial charge in [-0.05, 0) is 22.9 Å². The van der Waals surface area contributed by atoms with Crippen LogP contribution in [0, 0.1) is 0 Å². The van der Waals surface area contributed by atoms with E-state index in [-0.39, 0.29) is 18.3 Å². The second kappa shape index (κ2) is 7.55. The van der Waals surface area contributed by atoms with Crippen LogP contribution < -0.4 is 9.99 Å². The number of phenols is 1. The molecule has 1 heterocycles. The van der Waals surface area contributed by atoms with Crippen LogP contribution in [0.4, 0.5) is 0 Å². The predicted octanol–water partition coefficient (Wildman–Crippen LogP) is 1.59. The van der Waals surface area contributed by atoms with E-state index in [1.807, 2.05) is 30.3 Å². The molecule has 2 aromatic carbocycles. The predicted molar refractivity (Wildman–Crippen MR) is 94.4 cm³/mol. The number of carbonyl (C=O) groups excluding carboxylic acids is 1. The van der Waals surface area contributed by atoms with Crippen molar-refractivity contribution in [3.63, 3.8) is 0 Å². The van der Waals surface area contributed by atoms with Crippen molar-refractivity contribution in [2.75, 3.05) is 6.61 Å². The number of aliphatic hydroxyl groups excluding tert-OH is 1. The number of nitrogens with zero attached hydrogens (tertiary/aromatic N) is 2. The van der Waals surface area contributed by atoms with Gasteiger partial charge in [0.2, 0.25) is 0 Å². The van der Waals surface area contributed by atoms with E-state index >= 15 is 0 Å². The molecule has 0 unspecified atom stereocenters. The summed E-state index contributed by atoms with van der Waals surface area (Å²) in [4.78, 5) is 12.2. The average Bonchev–Trinajstić information content (AvgIpc) is 2.64. The molecule has 126 valence electrons. The summed E-state index contributed by atoms with van der Waals surface area (Å²) in [6.45, 7) is 0.405. The summed E-state index contributed by atoms with van der Waals surface area (Å²) in [5, 5.41) is 24.8. The monoisotopic (exact) mass is 336 g/mol. The van der Waals surface area contributed by atoms with E-state index in [0.29, 0.717) is 17.7 Å². The number of aliphatic hydroxyl groups is 1. The average molecular weight is 336 g/mol. The molecule has 0 fully saturated rings. The molecular formula is C19H18N3O3+. The fourth-order valence-corrected chi connectivity index (χ4v) is 2.55. The Morgan fingerprint density at radius 1 is 1.16 bits per heavy atom. The number of pyridine rings is 1. The van der Waals surface area contributed by atoms with Crippen LogP contribution in [0.15, 0.2) is 66.0 Å². The number of aromatic hydroxyl groups is 1. The molecule has 0 saturated heterocycles. The van der Waals surface area contributed by atoms with Crippen molar-refractivity contribution in [1.82, 2.24) is 5.43 Å². The zero-order valence-corrected chi connectivity index (χ0v) is 13.5. The van der Waals surface area contributed by atoms with Gasteiger partial charge in [-0.2, -0.15) is 5.10 Å². The van der Waals surface area contributed by atoms with Crippen molar-refractivity contribution in [1.29, 1.82) is 0 Å². The van der Waals surface area contributed by atoms with E-state index < -0.39 is 0 Å². The van der Waals surface area contributed by atoms with Crippen molar-refractivity contribution < 1.29 is 19.6 Å². The van der Waals surface area contributed by atoms with Crippen LogP contribution in [0.2, 0.25) is 0 Å². The maximum atomic E-state index is 12.2. The molecule has 0 saturated carbocycles. The Hall–Kier alpha value is -3.25. The Morgan fingerprint density at radius 2 is 2.00 bits per heavy atom. The number of phenolic OH excluding ortho intramolecular Hbond substituents is 1. The second-order valence-corrected chi connectivity index (χ2v) is 5.47. The molecule has 0 aliphatic rings. The minimum Gasteiger partial charge on any atom is -0.507 e. The van der Waals surface area contributed by atoms with Crippen molar-refractivity contribution in [2.24, 2.45) is 5.10 Å². The van der Waals surface area contributed by atoms with Gasteiger partial charge >= 0.3 is 0 Å². The summed E-state index contributed by atoms with van der Waals surface area (Å²) in [5.41, 5.74) is 3.42. The third kappa shape index (κ3) is 3.81. The number of amides is 1. The first-order valence-corrected chi connectivity index (χ1v) is 7.83. The quantitative estimate of drug-likeness (QED) is 0.376. The van der Waals surface area contributed by atoms with Crippen LogP contribution in [-0.2, 0) is 6.54 Å². The van der Waals surface area contributed by atoms with Crippen LogP contribution in [0.25, 0.3) is 10.8 Å². The van der Waals surface area contributed by atoms with E-state index in [1.165, 1.54) is 6.21 Å². The van der Waals surface area contributed by atoms with E-state index in [4.69, 9.17) is 5.11 Å². The highest BCUT2D eigenvalue weighted by molar-refractivity contribution is 6.03. The molecule has 6 heteroatoms. The molecule has 0 aliphatic heterocycles.